The highest BCUT2D eigenvalue weighted by atomic mass is 16.4. The van der Waals surface area contributed by atoms with Gasteiger partial charge in [0.05, 0.1) is 5.92 Å². The van der Waals surface area contributed by atoms with Crippen LogP contribution in [0.1, 0.15) is 37.5 Å². The van der Waals surface area contributed by atoms with E-state index in [4.69, 9.17) is 9.52 Å². The third-order valence-corrected chi connectivity index (χ3v) is 2.31. The van der Waals surface area contributed by atoms with Gasteiger partial charge in [0.1, 0.15) is 0 Å². The van der Waals surface area contributed by atoms with Crippen LogP contribution in [0.5, 0.6) is 0 Å². The van der Waals surface area contributed by atoms with E-state index in [1.165, 1.54) is 0 Å². The Balaban J connectivity index is 1.98. The van der Waals surface area contributed by atoms with E-state index in [9.17, 15) is 4.79 Å². The number of carboxylic acids is 1. The van der Waals surface area contributed by atoms with E-state index in [1.807, 2.05) is 0 Å². The lowest BCUT2D eigenvalue weighted by Gasteiger charge is -1.99. The SMILES string of the molecule is CC(Cc1nnc(C2CC2)o1)C(=O)O. The molecule has 0 radical (unpaired) electrons. The number of carboxylic acid groups (broad SMARTS) is 1. The molecule has 1 fully saturated rings. The number of rotatable bonds is 4. The van der Waals surface area contributed by atoms with Gasteiger partial charge in [-0.25, -0.2) is 0 Å². The number of aromatic nitrogens is 2. The Morgan fingerprint density at radius 2 is 2.36 bits per heavy atom. The molecule has 1 unspecified atom stereocenters. The quantitative estimate of drug-likeness (QED) is 0.783. The lowest BCUT2D eigenvalue weighted by Crippen LogP contribution is -2.12. The Bertz CT molecular complexity index is 344. The van der Waals surface area contributed by atoms with Crippen molar-refractivity contribution in [2.75, 3.05) is 0 Å². The molecule has 1 atom stereocenters. The van der Waals surface area contributed by atoms with Crippen LogP contribution >= 0.6 is 0 Å². The predicted octanol–water partition coefficient (Wildman–Crippen LogP) is 1.21. The van der Waals surface area contributed by atoms with Gasteiger partial charge >= 0.3 is 5.97 Å². The molecule has 1 aromatic heterocycles. The summed E-state index contributed by atoms with van der Waals surface area (Å²) in [5, 5.41) is 16.4. The first-order valence-corrected chi connectivity index (χ1v) is 4.72. The van der Waals surface area contributed by atoms with Crippen molar-refractivity contribution in [1.82, 2.24) is 10.2 Å². The molecule has 0 aliphatic heterocycles. The molecule has 1 aliphatic carbocycles. The summed E-state index contributed by atoms with van der Waals surface area (Å²) in [5.74, 6) is 0.217. The van der Waals surface area contributed by atoms with Gasteiger partial charge < -0.3 is 9.52 Å². The summed E-state index contributed by atoms with van der Waals surface area (Å²) in [4.78, 5) is 10.6. The highest BCUT2D eigenvalue weighted by molar-refractivity contribution is 5.69. The van der Waals surface area contributed by atoms with E-state index >= 15 is 0 Å². The molecule has 1 N–H and O–H groups in total. The van der Waals surface area contributed by atoms with Crippen molar-refractivity contribution >= 4 is 5.97 Å². The molecule has 5 heteroatoms. The molecular weight excluding hydrogens is 184 g/mol. The number of nitrogens with zero attached hydrogens (tertiary/aromatic N) is 2. The fraction of sp³-hybridized carbons (Fsp3) is 0.667. The number of carbonyl (C=O) groups is 1. The van der Waals surface area contributed by atoms with Gasteiger partial charge in [0.25, 0.3) is 0 Å². The summed E-state index contributed by atoms with van der Waals surface area (Å²) < 4.78 is 5.34. The van der Waals surface area contributed by atoms with Gasteiger partial charge in [-0.3, -0.25) is 4.79 Å². The molecule has 5 nitrogen and oxygen atoms in total. The molecule has 1 aromatic rings. The molecule has 1 saturated carbocycles. The summed E-state index contributed by atoms with van der Waals surface area (Å²) in [5.41, 5.74) is 0. The van der Waals surface area contributed by atoms with E-state index in [0.717, 1.165) is 12.8 Å². The lowest BCUT2D eigenvalue weighted by molar-refractivity contribution is -0.141. The smallest absolute Gasteiger partial charge is 0.306 e. The second-order valence-corrected chi connectivity index (χ2v) is 3.75. The maximum absolute atomic E-state index is 10.6. The van der Waals surface area contributed by atoms with Crippen molar-refractivity contribution in [1.29, 1.82) is 0 Å². The molecule has 1 aliphatic rings. The number of hydrogen-bond acceptors (Lipinski definition) is 4. The average molecular weight is 196 g/mol. The van der Waals surface area contributed by atoms with Crippen LogP contribution in [0.2, 0.25) is 0 Å². The summed E-state index contributed by atoms with van der Waals surface area (Å²) in [6, 6.07) is 0. The van der Waals surface area contributed by atoms with E-state index < -0.39 is 11.9 Å². The zero-order valence-electron chi connectivity index (χ0n) is 7.93. The van der Waals surface area contributed by atoms with Crippen molar-refractivity contribution in [3.05, 3.63) is 11.8 Å². The normalized spacial score (nSPS) is 18.1. The number of hydrogen-bond donors (Lipinski definition) is 1. The lowest BCUT2D eigenvalue weighted by atomic mass is 10.1. The zero-order valence-corrected chi connectivity index (χ0v) is 7.93. The second kappa shape index (κ2) is 3.40. The van der Waals surface area contributed by atoms with Crippen LogP contribution in [0.25, 0.3) is 0 Å². The van der Waals surface area contributed by atoms with Crippen molar-refractivity contribution in [2.45, 2.75) is 32.1 Å². The monoisotopic (exact) mass is 196 g/mol. The largest absolute Gasteiger partial charge is 0.481 e. The van der Waals surface area contributed by atoms with E-state index in [0.29, 0.717) is 24.1 Å². The summed E-state index contributed by atoms with van der Waals surface area (Å²) in [6.45, 7) is 1.63. The highest BCUT2D eigenvalue weighted by Gasteiger charge is 2.29. The van der Waals surface area contributed by atoms with Crippen LogP contribution in [0.3, 0.4) is 0 Å². The molecule has 14 heavy (non-hydrogen) atoms. The first-order chi connectivity index (χ1) is 6.66. The topological polar surface area (TPSA) is 76.2 Å². The van der Waals surface area contributed by atoms with Gasteiger partial charge in [-0.2, -0.15) is 0 Å². The maximum Gasteiger partial charge on any atom is 0.306 e. The molecule has 0 saturated heterocycles. The summed E-state index contributed by atoms with van der Waals surface area (Å²) >= 11 is 0. The number of aliphatic carboxylic acids is 1. The van der Waals surface area contributed by atoms with Gasteiger partial charge in [-0.05, 0) is 12.8 Å². The molecular formula is C9H12N2O3. The van der Waals surface area contributed by atoms with Crippen molar-refractivity contribution in [3.63, 3.8) is 0 Å². The van der Waals surface area contributed by atoms with Crippen LogP contribution < -0.4 is 0 Å². The Hall–Kier alpha value is -1.39. The molecule has 2 rings (SSSR count). The van der Waals surface area contributed by atoms with E-state index in [1.54, 1.807) is 6.92 Å². The van der Waals surface area contributed by atoms with E-state index in [-0.39, 0.29) is 0 Å². The van der Waals surface area contributed by atoms with Gasteiger partial charge in [0.2, 0.25) is 11.8 Å². The molecule has 0 bridgehead atoms. The van der Waals surface area contributed by atoms with Gasteiger partial charge in [0.15, 0.2) is 0 Å². The van der Waals surface area contributed by atoms with Gasteiger partial charge in [-0.15, -0.1) is 10.2 Å². The average Bonchev–Trinajstić information content (AvgIpc) is 2.88. The highest BCUT2D eigenvalue weighted by Crippen LogP contribution is 2.39. The Morgan fingerprint density at radius 3 is 2.93 bits per heavy atom. The van der Waals surface area contributed by atoms with Crippen LogP contribution in [0, 0.1) is 5.92 Å². The van der Waals surface area contributed by atoms with E-state index in [2.05, 4.69) is 10.2 Å². The molecule has 1 heterocycles. The fourth-order valence-electron chi connectivity index (χ4n) is 1.19. The fourth-order valence-corrected chi connectivity index (χ4v) is 1.19. The van der Waals surface area contributed by atoms with Crippen molar-refractivity contribution in [2.24, 2.45) is 5.92 Å². The minimum atomic E-state index is -0.837. The van der Waals surface area contributed by atoms with Crippen LogP contribution in [-0.4, -0.2) is 21.3 Å². The Kier molecular flexibility index (Phi) is 2.23. The minimum Gasteiger partial charge on any atom is -0.481 e. The van der Waals surface area contributed by atoms with Crippen LogP contribution in [0.15, 0.2) is 4.42 Å². The first kappa shape index (κ1) is 9.18. The van der Waals surface area contributed by atoms with Crippen LogP contribution in [-0.2, 0) is 11.2 Å². The summed E-state index contributed by atoms with van der Waals surface area (Å²) in [7, 11) is 0. The molecule has 0 aromatic carbocycles. The van der Waals surface area contributed by atoms with Gasteiger partial charge in [0, 0.05) is 12.3 Å². The second-order valence-electron chi connectivity index (χ2n) is 3.75. The maximum atomic E-state index is 10.6. The molecule has 76 valence electrons. The van der Waals surface area contributed by atoms with Crippen LogP contribution in [0.4, 0.5) is 0 Å². The Morgan fingerprint density at radius 1 is 1.64 bits per heavy atom. The van der Waals surface area contributed by atoms with Gasteiger partial charge in [-0.1, -0.05) is 6.92 Å². The standard InChI is InChI=1S/C9H12N2O3/c1-5(9(12)13)4-7-10-11-8(14-7)6-2-3-6/h5-6H,2-4H2,1H3,(H,12,13). The Labute approximate surface area is 81.1 Å². The van der Waals surface area contributed by atoms with Crippen molar-refractivity contribution < 1.29 is 14.3 Å². The predicted molar refractivity (Wildman–Crippen MR) is 46.8 cm³/mol. The zero-order chi connectivity index (χ0) is 10.1. The summed E-state index contributed by atoms with van der Waals surface area (Å²) in [6.07, 6.45) is 2.53. The third kappa shape index (κ3) is 1.92. The minimum absolute atomic E-state index is 0.315. The molecule has 0 amide bonds. The first-order valence-electron chi connectivity index (χ1n) is 4.72. The third-order valence-electron chi connectivity index (χ3n) is 2.31. The molecule has 0 spiro atoms. The van der Waals surface area contributed by atoms with Crippen molar-refractivity contribution in [3.8, 4) is 0 Å².